The number of aromatic amines is 1. The molecule has 5 rings (SSSR count). The number of benzene rings is 2. The van der Waals surface area contributed by atoms with Crippen LogP contribution < -0.4 is 4.90 Å². The van der Waals surface area contributed by atoms with Gasteiger partial charge in [-0.1, -0.05) is 30.3 Å². The van der Waals surface area contributed by atoms with Crippen LogP contribution in [0.4, 0.5) is 10.1 Å². The quantitative estimate of drug-likeness (QED) is 0.676. The largest absolute Gasteiger partial charge is 0.334 e. The Labute approximate surface area is 186 Å². The van der Waals surface area contributed by atoms with E-state index in [1.165, 1.54) is 17.7 Å². The first-order valence-corrected chi connectivity index (χ1v) is 11.1. The Morgan fingerprint density at radius 3 is 2.72 bits per heavy atom. The van der Waals surface area contributed by atoms with E-state index in [1.807, 2.05) is 29.2 Å². The van der Waals surface area contributed by atoms with Crippen molar-refractivity contribution < 1.29 is 14.0 Å². The topological polar surface area (TPSA) is 69.3 Å². The number of fused-ring (bicyclic) bond motifs is 1. The summed E-state index contributed by atoms with van der Waals surface area (Å²) in [5.74, 6) is -0.443. The second-order valence-electron chi connectivity index (χ2n) is 8.45. The van der Waals surface area contributed by atoms with Crippen LogP contribution >= 0.6 is 0 Å². The maximum absolute atomic E-state index is 13.2. The Morgan fingerprint density at radius 2 is 1.88 bits per heavy atom. The van der Waals surface area contributed by atoms with Crippen LogP contribution in [0.2, 0.25) is 0 Å². The number of hydrogen-bond donors (Lipinski definition) is 1. The molecule has 164 valence electrons. The van der Waals surface area contributed by atoms with Crippen molar-refractivity contribution in [1.82, 2.24) is 15.1 Å². The van der Waals surface area contributed by atoms with Crippen LogP contribution in [0.15, 0.2) is 54.6 Å². The molecule has 1 unspecified atom stereocenters. The average Bonchev–Trinajstić information content (AvgIpc) is 3.48. The SMILES string of the molecule is O=C(c1cc(C2CCCCN2C(=O)Cc2ccc(F)cc2)[nH]n1)N1CCc2ccccc21. The number of para-hydroxylation sites is 1. The first-order valence-electron chi connectivity index (χ1n) is 11.1. The molecular formula is C25H25FN4O2. The number of halogens is 1. The normalized spacial score (nSPS) is 18.0. The fourth-order valence-corrected chi connectivity index (χ4v) is 4.74. The summed E-state index contributed by atoms with van der Waals surface area (Å²) < 4.78 is 13.2. The summed E-state index contributed by atoms with van der Waals surface area (Å²) in [7, 11) is 0. The van der Waals surface area contributed by atoms with Gasteiger partial charge in [0.25, 0.3) is 5.91 Å². The summed E-state index contributed by atoms with van der Waals surface area (Å²) in [4.78, 5) is 29.8. The zero-order chi connectivity index (χ0) is 22.1. The maximum Gasteiger partial charge on any atom is 0.278 e. The molecule has 3 aromatic rings. The highest BCUT2D eigenvalue weighted by Crippen LogP contribution is 2.32. The van der Waals surface area contributed by atoms with Gasteiger partial charge in [0.05, 0.1) is 18.2 Å². The highest BCUT2D eigenvalue weighted by Gasteiger charge is 2.31. The van der Waals surface area contributed by atoms with E-state index in [2.05, 4.69) is 10.2 Å². The molecule has 1 atom stereocenters. The number of hydrogen-bond acceptors (Lipinski definition) is 3. The van der Waals surface area contributed by atoms with Gasteiger partial charge in [0.15, 0.2) is 5.69 Å². The third-order valence-electron chi connectivity index (χ3n) is 6.40. The number of piperidine rings is 1. The predicted molar refractivity (Wildman–Crippen MR) is 119 cm³/mol. The van der Waals surface area contributed by atoms with Gasteiger partial charge in [-0.15, -0.1) is 0 Å². The van der Waals surface area contributed by atoms with Gasteiger partial charge in [-0.2, -0.15) is 5.10 Å². The smallest absolute Gasteiger partial charge is 0.278 e. The maximum atomic E-state index is 13.2. The van der Waals surface area contributed by atoms with E-state index in [4.69, 9.17) is 0 Å². The Hall–Kier alpha value is -3.48. The number of likely N-dealkylation sites (tertiary alicyclic amines) is 1. The Balaban J connectivity index is 1.33. The first-order chi connectivity index (χ1) is 15.6. The van der Waals surface area contributed by atoms with Gasteiger partial charge in [0, 0.05) is 18.8 Å². The van der Waals surface area contributed by atoms with Crippen LogP contribution in [0, 0.1) is 5.82 Å². The number of amides is 2. The molecule has 32 heavy (non-hydrogen) atoms. The van der Waals surface area contributed by atoms with E-state index in [1.54, 1.807) is 23.1 Å². The molecule has 2 amide bonds. The van der Waals surface area contributed by atoms with Crippen molar-refractivity contribution in [2.75, 3.05) is 18.0 Å². The molecule has 2 aromatic carbocycles. The highest BCUT2D eigenvalue weighted by molar-refractivity contribution is 6.06. The lowest BCUT2D eigenvalue weighted by atomic mass is 9.98. The molecule has 1 fully saturated rings. The van der Waals surface area contributed by atoms with Crippen LogP contribution in [0.1, 0.15) is 52.6 Å². The molecule has 0 radical (unpaired) electrons. The van der Waals surface area contributed by atoms with E-state index >= 15 is 0 Å². The molecule has 0 bridgehead atoms. The summed E-state index contributed by atoms with van der Waals surface area (Å²) in [6, 6.07) is 15.6. The van der Waals surface area contributed by atoms with E-state index in [9.17, 15) is 14.0 Å². The van der Waals surface area contributed by atoms with Gasteiger partial charge in [0.2, 0.25) is 5.91 Å². The van der Waals surface area contributed by atoms with Crippen LogP contribution in [-0.4, -0.2) is 40.0 Å². The van der Waals surface area contributed by atoms with Gasteiger partial charge < -0.3 is 9.80 Å². The Morgan fingerprint density at radius 1 is 1.06 bits per heavy atom. The number of nitrogens with zero attached hydrogens (tertiary/aromatic N) is 3. The molecule has 1 aromatic heterocycles. The van der Waals surface area contributed by atoms with E-state index in [0.29, 0.717) is 18.8 Å². The standard InChI is InChI=1S/C25H25FN4O2/c26-19-10-8-17(9-11-19)15-24(31)29-13-4-3-7-23(29)20-16-21(28-27-20)25(32)30-14-12-18-5-1-2-6-22(18)30/h1-2,5-6,8-11,16,23H,3-4,7,12-15H2,(H,27,28). The molecule has 0 aliphatic carbocycles. The Kier molecular flexibility index (Phi) is 5.47. The van der Waals surface area contributed by atoms with Crippen molar-refractivity contribution in [3.05, 3.63) is 82.9 Å². The lowest BCUT2D eigenvalue weighted by Gasteiger charge is -2.35. The number of carbonyl (C=O) groups excluding carboxylic acids is 2. The summed E-state index contributed by atoms with van der Waals surface area (Å²) in [5, 5.41) is 7.32. The minimum Gasteiger partial charge on any atom is -0.334 e. The summed E-state index contributed by atoms with van der Waals surface area (Å²) in [6.45, 7) is 1.30. The fraction of sp³-hybridized carbons (Fsp3) is 0.320. The molecule has 1 saturated heterocycles. The molecule has 0 saturated carbocycles. The van der Waals surface area contributed by atoms with Gasteiger partial charge in [0.1, 0.15) is 5.82 Å². The first kappa shape index (κ1) is 20.4. The van der Waals surface area contributed by atoms with Gasteiger partial charge in [-0.3, -0.25) is 14.7 Å². The van der Waals surface area contributed by atoms with Crippen LogP contribution in [-0.2, 0) is 17.6 Å². The second-order valence-corrected chi connectivity index (χ2v) is 8.45. The molecule has 6 nitrogen and oxygen atoms in total. The fourth-order valence-electron chi connectivity index (χ4n) is 4.74. The zero-order valence-corrected chi connectivity index (χ0v) is 17.8. The van der Waals surface area contributed by atoms with Gasteiger partial charge in [-0.25, -0.2) is 4.39 Å². The molecular weight excluding hydrogens is 407 g/mol. The van der Waals surface area contributed by atoms with Crippen LogP contribution in [0.5, 0.6) is 0 Å². The second kappa shape index (κ2) is 8.57. The lowest BCUT2D eigenvalue weighted by Crippen LogP contribution is -2.39. The monoisotopic (exact) mass is 432 g/mol. The van der Waals surface area contributed by atoms with Crippen LogP contribution in [0.25, 0.3) is 0 Å². The minimum absolute atomic E-state index is 0.00254. The van der Waals surface area contributed by atoms with Crippen molar-refractivity contribution in [3.63, 3.8) is 0 Å². The van der Waals surface area contributed by atoms with Crippen molar-refractivity contribution in [2.45, 2.75) is 38.1 Å². The Bertz CT molecular complexity index is 1140. The van der Waals surface area contributed by atoms with Crippen molar-refractivity contribution in [1.29, 1.82) is 0 Å². The predicted octanol–water partition coefficient (Wildman–Crippen LogP) is 4.05. The van der Waals surface area contributed by atoms with E-state index in [0.717, 1.165) is 42.6 Å². The minimum atomic E-state index is -0.313. The molecule has 2 aliphatic rings. The van der Waals surface area contributed by atoms with Gasteiger partial charge >= 0.3 is 0 Å². The third kappa shape index (κ3) is 3.90. The number of anilines is 1. The third-order valence-corrected chi connectivity index (χ3v) is 6.40. The van der Waals surface area contributed by atoms with Crippen molar-refractivity contribution >= 4 is 17.5 Å². The summed E-state index contributed by atoms with van der Waals surface area (Å²) in [6.07, 6.45) is 3.83. The molecule has 0 spiro atoms. The average molecular weight is 432 g/mol. The summed E-state index contributed by atoms with van der Waals surface area (Å²) >= 11 is 0. The van der Waals surface area contributed by atoms with Crippen molar-refractivity contribution in [3.8, 4) is 0 Å². The van der Waals surface area contributed by atoms with Crippen molar-refractivity contribution in [2.24, 2.45) is 0 Å². The molecule has 2 aliphatic heterocycles. The number of carbonyl (C=O) groups is 2. The highest BCUT2D eigenvalue weighted by atomic mass is 19.1. The summed E-state index contributed by atoms with van der Waals surface area (Å²) in [5.41, 5.74) is 4.05. The van der Waals surface area contributed by atoms with Gasteiger partial charge in [-0.05, 0) is 61.1 Å². The van der Waals surface area contributed by atoms with E-state index < -0.39 is 0 Å². The zero-order valence-electron chi connectivity index (χ0n) is 17.8. The number of nitrogens with one attached hydrogen (secondary N) is 1. The number of H-pyrrole nitrogens is 1. The number of aromatic nitrogens is 2. The number of rotatable bonds is 4. The van der Waals surface area contributed by atoms with Crippen LogP contribution in [0.3, 0.4) is 0 Å². The van der Waals surface area contributed by atoms with E-state index in [-0.39, 0.29) is 30.1 Å². The lowest BCUT2D eigenvalue weighted by molar-refractivity contribution is -0.134. The molecule has 7 heteroatoms. The molecule has 1 N–H and O–H groups in total. The molecule has 3 heterocycles.